The number of hydrogen-bond acceptors (Lipinski definition) is 2. The Morgan fingerprint density at radius 3 is 2.80 bits per heavy atom. The van der Waals surface area contributed by atoms with E-state index in [1.807, 2.05) is 28.3 Å². The number of hydrogen-bond donors (Lipinski definition) is 1. The zero-order valence-corrected chi connectivity index (χ0v) is 11.2. The molecule has 0 saturated heterocycles. The van der Waals surface area contributed by atoms with Crippen LogP contribution >= 0.6 is 0 Å². The lowest BCUT2D eigenvalue weighted by Gasteiger charge is -2.08. The Morgan fingerprint density at radius 2 is 2.10 bits per heavy atom. The van der Waals surface area contributed by atoms with Crippen molar-refractivity contribution in [2.75, 3.05) is 0 Å². The molecule has 2 aromatic heterocycles. The molecule has 5 nitrogen and oxygen atoms in total. The molecule has 0 aliphatic carbocycles. The Hall–Kier alpha value is -2.30. The van der Waals surface area contributed by atoms with Gasteiger partial charge in [0.15, 0.2) is 0 Å². The Bertz CT molecular complexity index is 681. The molecule has 1 aliphatic heterocycles. The normalized spacial score (nSPS) is 17.1. The van der Waals surface area contributed by atoms with Gasteiger partial charge in [-0.3, -0.25) is 9.59 Å². The third-order valence-corrected chi connectivity index (χ3v) is 3.95. The van der Waals surface area contributed by atoms with E-state index in [0.717, 1.165) is 12.2 Å². The van der Waals surface area contributed by atoms with Gasteiger partial charge in [-0.1, -0.05) is 0 Å². The number of aryl methyl sites for hydroxylation is 1. The number of aromatic nitrogens is 2. The Labute approximate surface area is 116 Å². The summed E-state index contributed by atoms with van der Waals surface area (Å²) in [5.41, 5.74) is 1.96. The third-order valence-electron chi connectivity index (χ3n) is 3.95. The van der Waals surface area contributed by atoms with Gasteiger partial charge >= 0.3 is 5.97 Å². The molecule has 1 N–H and O–H groups in total. The number of aliphatic carboxylic acids is 1. The van der Waals surface area contributed by atoms with E-state index in [4.69, 9.17) is 0 Å². The standard InChI is InChI=1S/C15H16N2O3/c1-2-16-8-3-4-12(16)14(18)13-6-5-11-10(15(19)20)7-9-17(11)13/h3-6,8,10H,2,7,9H2,1H3,(H,19,20). The average molecular weight is 272 g/mol. The van der Waals surface area contributed by atoms with Gasteiger partial charge in [0.1, 0.15) is 0 Å². The molecule has 104 valence electrons. The van der Waals surface area contributed by atoms with Gasteiger partial charge in [-0.2, -0.15) is 0 Å². The maximum absolute atomic E-state index is 12.6. The first-order chi connectivity index (χ1) is 9.63. The van der Waals surface area contributed by atoms with Crippen molar-refractivity contribution in [1.29, 1.82) is 0 Å². The van der Waals surface area contributed by atoms with E-state index in [9.17, 15) is 14.7 Å². The fourth-order valence-corrected chi connectivity index (χ4v) is 2.92. The van der Waals surface area contributed by atoms with Crippen LogP contribution in [0.15, 0.2) is 30.5 Å². The van der Waals surface area contributed by atoms with Gasteiger partial charge in [-0.25, -0.2) is 0 Å². The van der Waals surface area contributed by atoms with Crippen LogP contribution in [0.2, 0.25) is 0 Å². The van der Waals surface area contributed by atoms with E-state index in [-0.39, 0.29) is 5.78 Å². The Morgan fingerprint density at radius 1 is 1.30 bits per heavy atom. The predicted octanol–water partition coefficient (Wildman–Crippen LogP) is 2.11. The first kappa shape index (κ1) is 12.7. The summed E-state index contributed by atoms with van der Waals surface area (Å²) in [5.74, 6) is -1.36. The first-order valence-corrected chi connectivity index (χ1v) is 6.75. The second kappa shape index (κ2) is 4.67. The third kappa shape index (κ3) is 1.78. The molecule has 5 heteroatoms. The van der Waals surface area contributed by atoms with E-state index >= 15 is 0 Å². The summed E-state index contributed by atoms with van der Waals surface area (Å²) in [6, 6.07) is 7.15. The predicted molar refractivity (Wildman–Crippen MR) is 73.0 cm³/mol. The van der Waals surface area contributed by atoms with Gasteiger partial charge < -0.3 is 14.2 Å². The second-order valence-corrected chi connectivity index (χ2v) is 4.98. The second-order valence-electron chi connectivity index (χ2n) is 4.98. The van der Waals surface area contributed by atoms with Gasteiger partial charge in [0.2, 0.25) is 5.78 Å². The molecule has 0 spiro atoms. The fourth-order valence-electron chi connectivity index (χ4n) is 2.92. The summed E-state index contributed by atoms with van der Waals surface area (Å²) < 4.78 is 3.74. The molecule has 0 aromatic carbocycles. The highest BCUT2D eigenvalue weighted by Crippen LogP contribution is 2.31. The Balaban J connectivity index is 1.99. The molecule has 1 aliphatic rings. The maximum Gasteiger partial charge on any atom is 0.312 e. The van der Waals surface area contributed by atoms with Crippen LogP contribution in [0.1, 0.15) is 41.1 Å². The molecule has 0 amide bonds. The van der Waals surface area contributed by atoms with Gasteiger partial charge in [-0.15, -0.1) is 0 Å². The van der Waals surface area contributed by atoms with E-state index in [1.165, 1.54) is 0 Å². The van der Waals surface area contributed by atoms with E-state index in [2.05, 4.69) is 0 Å². The molecule has 0 radical (unpaired) electrons. The van der Waals surface area contributed by atoms with Crippen molar-refractivity contribution in [3.63, 3.8) is 0 Å². The minimum Gasteiger partial charge on any atom is -0.481 e. The molecule has 0 bridgehead atoms. The molecule has 3 heterocycles. The van der Waals surface area contributed by atoms with Crippen LogP contribution in [-0.4, -0.2) is 26.0 Å². The zero-order chi connectivity index (χ0) is 14.3. The van der Waals surface area contributed by atoms with Gasteiger partial charge in [0.25, 0.3) is 0 Å². The van der Waals surface area contributed by atoms with Crippen molar-refractivity contribution >= 4 is 11.8 Å². The topological polar surface area (TPSA) is 64.2 Å². The van der Waals surface area contributed by atoms with Crippen molar-refractivity contribution in [1.82, 2.24) is 9.13 Å². The van der Waals surface area contributed by atoms with Gasteiger partial charge in [-0.05, 0) is 37.6 Å². The van der Waals surface area contributed by atoms with Gasteiger partial charge in [0, 0.05) is 25.0 Å². The number of carbonyl (C=O) groups excluding carboxylic acids is 1. The smallest absolute Gasteiger partial charge is 0.312 e. The molecular formula is C15H16N2O3. The van der Waals surface area contributed by atoms with Crippen molar-refractivity contribution in [2.24, 2.45) is 0 Å². The van der Waals surface area contributed by atoms with Crippen LogP contribution in [0, 0.1) is 0 Å². The van der Waals surface area contributed by atoms with Crippen LogP contribution < -0.4 is 0 Å². The van der Waals surface area contributed by atoms with Crippen molar-refractivity contribution < 1.29 is 14.7 Å². The highest BCUT2D eigenvalue weighted by molar-refractivity contribution is 6.07. The molecule has 1 atom stereocenters. The van der Waals surface area contributed by atoms with Crippen molar-refractivity contribution in [2.45, 2.75) is 32.4 Å². The minimum atomic E-state index is -0.821. The number of carboxylic acids is 1. The molecule has 1 unspecified atom stereocenters. The summed E-state index contributed by atoms with van der Waals surface area (Å²) in [6.07, 6.45) is 2.43. The number of nitrogens with zero attached hydrogens (tertiary/aromatic N) is 2. The molecular weight excluding hydrogens is 256 g/mol. The molecule has 0 saturated carbocycles. The number of ketones is 1. The van der Waals surface area contributed by atoms with Crippen LogP contribution in [-0.2, 0) is 17.9 Å². The van der Waals surface area contributed by atoms with E-state index < -0.39 is 11.9 Å². The highest BCUT2D eigenvalue weighted by Gasteiger charge is 2.32. The van der Waals surface area contributed by atoms with Crippen molar-refractivity contribution in [3.8, 4) is 0 Å². The lowest BCUT2D eigenvalue weighted by atomic mass is 10.1. The monoisotopic (exact) mass is 272 g/mol. The number of rotatable bonds is 4. The highest BCUT2D eigenvalue weighted by atomic mass is 16.4. The van der Waals surface area contributed by atoms with Crippen LogP contribution in [0.4, 0.5) is 0 Å². The number of carbonyl (C=O) groups is 2. The lowest BCUT2D eigenvalue weighted by Crippen LogP contribution is -2.13. The SMILES string of the molecule is CCn1cccc1C(=O)c1ccc2n1CCC2C(=O)O. The summed E-state index contributed by atoms with van der Waals surface area (Å²) >= 11 is 0. The summed E-state index contributed by atoms with van der Waals surface area (Å²) in [5, 5.41) is 9.17. The average Bonchev–Trinajstić information content (AvgIpc) is 3.12. The van der Waals surface area contributed by atoms with Crippen LogP contribution in [0.5, 0.6) is 0 Å². The largest absolute Gasteiger partial charge is 0.481 e. The van der Waals surface area contributed by atoms with Crippen LogP contribution in [0.3, 0.4) is 0 Å². The van der Waals surface area contributed by atoms with E-state index in [0.29, 0.717) is 24.4 Å². The van der Waals surface area contributed by atoms with Crippen molar-refractivity contribution in [3.05, 3.63) is 47.5 Å². The minimum absolute atomic E-state index is 0.0471. The first-order valence-electron chi connectivity index (χ1n) is 6.75. The molecule has 3 rings (SSSR count). The molecule has 20 heavy (non-hydrogen) atoms. The summed E-state index contributed by atoms with van der Waals surface area (Å²) in [6.45, 7) is 3.31. The zero-order valence-electron chi connectivity index (χ0n) is 11.2. The maximum atomic E-state index is 12.6. The summed E-state index contributed by atoms with van der Waals surface area (Å²) in [4.78, 5) is 23.8. The lowest BCUT2D eigenvalue weighted by molar-refractivity contribution is -0.138. The van der Waals surface area contributed by atoms with E-state index in [1.54, 1.807) is 18.2 Å². The quantitative estimate of drug-likeness (QED) is 0.867. The number of fused-ring (bicyclic) bond motifs is 1. The van der Waals surface area contributed by atoms with Gasteiger partial charge in [0.05, 0.1) is 17.3 Å². The fraction of sp³-hybridized carbons (Fsp3) is 0.333. The molecule has 2 aromatic rings. The van der Waals surface area contributed by atoms with Crippen LogP contribution in [0.25, 0.3) is 0 Å². The molecule has 0 fully saturated rings. The Kier molecular flexibility index (Phi) is 2.97. The summed E-state index contributed by atoms with van der Waals surface area (Å²) in [7, 11) is 0. The number of carboxylic acid groups (broad SMARTS) is 1.